The lowest BCUT2D eigenvalue weighted by molar-refractivity contribution is 0.293. The number of likely N-dealkylation sites (N-methyl/N-ethyl adjacent to an activating group) is 1. The number of piperidine rings is 1. The minimum absolute atomic E-state index is 1.08. The smallest absolute Gasteiger partial charge is 0.0829 e. The maximum Gasteiger partial charge on any atom is 0.0829 e. The Hall–Kier alpha value is -0.500. The van der Waals surface area contributed by atoms with Gasteiger partial charge in [0.2, 0.25) is 0 Å². The van der Waals surface area contributed by atoms with Crippen LogP contribution in [0.15, 0.2) is 11.8 Å². The molecule has 0 spiro atoms. The number of rotatable bonds is 1. The second kappa shape index (κ2) is 3.62. The molecule has 0 bridgehead atoms. The fraction of sp³-hybridized carbons (Fsp3) is 0.750. The summed E-state index contributed by atoms with van der Waals surface area (Å²) in [5.41, 5.74) is 1.41. The Bertz CT molecular complexity index is 131. The molecule has 2 nitrogen and oxygen atoms in total. The summed E-state index contributed by atoms with van der Waals surface area (Å²) < 4.78 is 4.94. The zero-order valence-electron chi connectivity index (χ0n) is 6.76. The van der Waals surface area contributed by atoms with E-state index in [9.17, 15) is 0 Å². The van der Waals surface area contributed by atoms with E-state index in [1.54, 1.807) is 7.11 Å². The average Bonchev–Trinajstić information content (AvgIpc) is 1.88. The van der Waals surface area contributed by atoms with Gasteiger partial charge in [-0.2, -0.15) is 0 Å². The third-order valence-electron chi connectivity index (χ3n) is 1.80. The van der Waals surface area contributed by atoms with Crippen molar-refractivity contribution in [3.8, 4) is 0 Å². The van der Waals surface area contributed by atoms with Crippen LogP contribution in [0.2, 0.25) is 0 Å². The zero-order valence-corrected chi connectivity index (χ0v) is 6.76. The molecule has 0 amide bonds. The molecular formula is C8H15NO. The predicted molar refractivity (Wildman–Crippen MR) is 41.8 cm³/mol. The van der Waals surface area contributed by atoms with E-state index >= 15 is 0 Å². The van der Waals surface area contributed by atoms with Crippen LogP contribution in [0.25, 0.3) is 0 Å². The van der Waals surface area contributed by atoms with Crippen molar-refractivity contribution >= 4 is 0 Å². The standard InChI is InChI=1S/C8H15NO/c1-9-5-3-4-8(6-9)7-10-2/h7H,3-6H2,1-2H3/b8-7+. The van der Waals surface area contributed by atoms with Crippen LogP contribution in [-0.4, -0.2) is 32.1 Å². The summed E-state index contributed by atoms with van der Waals surface area (Å²) in [7, 11) is 3.85. The van der Waals surface area contributed by atoms with E-state index in [-0.39, 0.29) is 0 Å². The number of hydrogen-bond donors (Lipinski definition) is 0. The molecule has 0 atom stereocenters. The first-order chi connectivity index (χ1) is 4.83. The van der Waals surface area contributed by atoms with Crippen LogP contribution in [-0.2, 0) is 4.74 Å². The molecule has 1 aliphatic rings. The van der Waals surface area contributed by atoms with Crippen molar-refractivity contribution < 1.29 is 4.74 Å². The Balaban J connectivity index is 2.39. The third kappa shape index (κ3) is 2.03. The first-order valence-electron chi connectivity index (χ1n) is 3.72. The van der Waals surface area contributed by atoms with Gasteiger partial charge in [0.1, 0.15) is 0 Å². The second-order valence-electron chi connectivity index (χ2n) is 2.85. The fourth-order valence-corrected chi connectivity index (χ4v) is 1.34. The summed E-state index contributed by atoms with van der Waals surface area (Å²) in [4.78, 5) is 2.31. The van der Waals surface area contributed by atoms with Gasteiger partial charge in [-0.3, -0.25) is 0 Å². The number of hydrogen-bond acceptors (Lipinski definition) is 2. The van der Waals surface area contributed by atoms with Gasteiger partial charge in [0.05, 0.1) is 13.4 Å². The summed E-state index contributed by atoms with van der Waals surface area (Å²) in [6, 6.07) is 0. The van der Waals surface area contributed by atoms with Gasteiger partial charge in [-0.15, -0.1) is 0 Å². The lowest BCUT2D eigenvalue weighted by atomic mass is 10.1. The molecule has 2 heteroatoms. The Kier molecular flexibility index (Phi) is 2.75. The van der Waals surface area contributed by atoms with E-state index < -0.39 is 0 Å². The normalized spacial score (nSPS) is 25.2. The van der Waals surface area contributed by atoms with Gasteiger partial charge in [0.15, 0.2) is 0 Å². The molecule has 0 radical (unpaired) electrons. The molecule has 1 heterocycles. The number of likely N-dealkylation sites (tertiary alicyclic amines) is 1. The topological polar surface area (TPSA) is 12.5 Å². The summed E-state index contributed by atoms with van der Waals surface area (Å²) in [5.74, 6) is 0. The Morgan fingerprint density at radius 2 is 2.40 bits per heavy atom. The van der Waals surface area contributed by atoms with Gasteiger partial charge >= 0.3 is 0 Å². The van der Waals surface area contributed by atoms with Crippen LogP contribution in [0.1, 0.15) is 12.8 Å². The van der Waals surface area contributed by atoms with Crippen molar-refractivity contribution in [1.29, 1.82) is 0 Å². The van der Waals surface area contributed by atoms with Crippen molar-refractivity contribution in [2.45, 2.75) is 12.8 Å². The molecule has 58 valence electrons. The van der Waals surface area contributed by atoms with Crippen LogP contribution in [0.4, 0.5) is 0 Å². The van der Waals surface area contributed by atoms with Gasteiger partial charge in [-0.25, -0.2) is 0 Å². The molecular weight excluding hydrogens is 126 g/mol. The van der Waals surface area contributed by atoms with Crippen LogP contribution in [0.3, 0.4) is 0 Å². The minimum atomic E-state index is 1.08. The lowest BCUT2D eigenvalue weighted by Gasteiger charge is -2.23. The Morgan fingerprint density at radius 3 is 3.00 bits per heavy atom. The Morgan fingerprint density at radius 1 is 1.60 bits per heavy atom. The van der Waals surface area contributed by atoms with Gasteiger partial charge in [0.25, 0.3) is 0 Å². The van der Waals surface area contributed by atoms with Gasteiger partial charge < -0.3 is 9.64 Å². The van der Waals surface area contributed by atoms with Crippen LogP contribution < -0.4 is 0 Å². The molecule has 1 saturated heterocycles. The van der Waals surface area contributed by atoms with Gasteiger partial charge in [-0.1, -0.05) is 0 Å². The average molecular weight is 141 g/mol. The SMILES string of the molecule is CO/C=C1\CCCN(C)C1. The van der Waals surface area contributed by atoms with Gasteiger partial charge in [0, 0.05) is 6.54 Å². The van der Waals surface area contributed by atoms with E-state index in [4.69, 9.17) is 4.74 Å². The molecule has 0 unspecified atom stereocenters. The summed E-state index contributed by atoms with van der Waals surface area (Å²) in [5, 5.41) is 0. The molecule has 10 heavy (non-hydrogen) atoms. The van der Waals surface area contributed by atoms with Crippen LogP contribution in [0, 0.1) is 0 Å². The van der Waals surface area contributed by atoms with E-state index in [0.29, 0.717) is 0 Å². The summed E-state index contributed by atoms with van der Waals surface area (Å²) in [6.07, 6.45) is 4.35. The fourth-order valence-electron chi connectivity index (χ4n) is 1.34. The van der Waals surface area contributed by atoms with Crippen molar-refractivity contribution in [2.75, 3.05) is 27.2 Å². The maximum atomic E-state index is 4.94. The first kappa shape index (κ1) is 7.61. The molecule has 0 aromatic rings. The summed E-state index contributed by atoms with van der Waals surface area (Å²) in [6.45, 7) is 2.30. The van der Waals surface area contributed by atoms with Crippen LogP contribution in [0.5, 0.6) is 0 Å². The predicted octanol–water partition coefficient (Wildman–Crippen LogP) is 1.24. The van der Waals surface area contributed by atoms with E-state index in [0.717, 1.165) is 6.54 Å². The second-order valence-corrected chi connectivity index (χ2v) is 2.85. The molecule has 0 aromatic heterocycles. The van der Waals surface area contributed by atoms with Crippen molar-refractivity contribution in [3.63, 3.8) is 0 Å². The number of ether oxygens (including phenoxy) is 1. The van der Waals surface area contributed by atoms with E-state index in [1.807, 2.05) is 6.26 Å². The highest BCUT2D eigenvalue weighted by Gasteiger charge is 2.09. The quantitative estimate of drug-likeness (QED) is 0.509. The highest BCUT2D eigenvalue weighted by Crippen LogP contribution is 2.12. The molecule has 1 rings (SSSR count). The highest BCUT2D eigenvalue weighted by molar-refractivity contribution is 5.03. The highest BCUT2D eigenvalue weighted by atomic mass is 16.5. The molecule has 0 saturated carbocycles. The van der Waals surface area contributed by atoms with E-state index in [2.05, 4.69) is 11.9 Å². The van der Waals surface area contributed by atoms with Gasteiger partial charge in [-0.05, 0) is 32.0 Å². The maximum absolute atomic E-state index is 4.94. The van der Waals surface area contributed by atoms with Crippen molar-refractivity contribution in [3.05, 3.63) is 11.8 Å². The molecule has 0 N–H and O–H groups in total. The summed E-state index contributed by atoms with van der Waals surface area (Å²) >= 11 is 0. The molecule has 1 aliphatic heterocycles. The molecule has 0 aliphatic carbocycles. The first-order valence-corrected chi connectivity index (χ1v) is 3.72. The van der Waals surface area contributed by atoms with Crippen molar-refractivity contribution in [2.24, 2.45) is 0 Å². The molecule has 0 aromatic carbocycles. The molecule has 1 fully saturated rings. The number of methoxy groups -OCH3 is 1. The van der Waals surface area contributed by atoms with E-state index in [1.165, 1.54) is 25.0 Å². The Labute approximate surface area is 62.5 Å². The minimum Gasteiger partial charge on any atom is -0.504 e. The lowest BCUT2D eigenvalue weighted by Crippen LogP contribution is -2.26. The number of nitrogens with zero attached hydrogens (tertiary/aromatic N) is 1. The monoisotopic (exact) mass is 141 g/mol. The largest absolute Gasteiger partial charge is 0.504 e. The van der Waals surface area contributed by atoms with Crippen LogP contribution >= 0.6 is 0 Å². The van der Waals surface area contributed by atoms with Crippen molar-refractivity contribution in [1.82, 2.24) is 4.90 Å². The zero-order chi connectivity index (χ0) is 7.40. The third-order valence-corrected chi connectivity index (χ3v) is 1.80.